The molecule has 4 amide bonds. The maximum absolute atomic E-state index is 13.0. The molecule has 0 aliphatic carbocycles. The first-order valence-corrected chi connectivity index (χ1v) is 11.9. The number of nitrogens with one attached hydrogen (secondary N) is 3. The Kier molecular flexibility index (Phi) is 8.52. The van der Waals surface area contributed by atoms with Crippen molar-refractivity contribution in [2.75, 3.05) is 23.8 Å². The van der Waals surface area contributed by atoms with Gasteiger partial charge in [0.05, 0.1) is 18.2 Å². The van der Waals surface area contributed by atoms with E-state index in [0.29, 0.717) is 35.8 Å². The Hall–Kier alpha value is -3.81. The number of esters is 1. The fraction of sp³-hybridized carbons (Fsp3) is 0.370. The number of benzene rings is 2. The summed E-state index contributed by atoms with van der Waals surface area (Å²) in [7, 11) is 0. The van der Waals surface area contributed by atoms with E-state index in [4.69, 9.17) is 4.74 Å². The number of carbonyl (C=O) groups excluding carboxylic acids is 3. The van der Waals surface area contributed by atoms with Gasteiger partial charge in [0.1, 0.15) is 0 Å². The van der Waals surface area contributed by atoms with Crippen LogP contribution in [-0.4, -0.2) is 36.1 Å². The van der Waals surface area contributed by atoms with Gasteiger partial charge in [0.2, 0.25) is 0 Å². The van der Waals surface area contributed by atoms with E-state index in [-0.39, 0.29) is 18.0 Å². The largest absolute Gasteiger partial charge is 0.462 e. The number of hydrogen-bond donors (Lipinski definition) is 3. The summed E-state index contributed by atoms with van der Waals surface area (Å²) in [5.41, 5.74) is 4.10. The van der Waals surface area contributed by atoms with Gasteiger partial charge in [-0.2, -0.15) is 0 Å². The third kappa shape index (κ3) is 6.62. The van der Waals surface area contributed by atoms with Crippen LogP contribution in [0.5, 0.6) is 0 Å². The van der Waals surface area contributed by atoms with E-state index >= 15 is 0 Å². The second-order valence-corrected chi connectivity index (χ2v) is 9.09. The zero-order chi connectivity index (χ0) is 25.5. The Morgan fingerprint density at radius 1 is 1.00 bits per heavy atom. The molecule has 1 aliphatic rings. The van der Waals surface area contributed by atoms with E-state index in [9.17, 15) is 14.4 Å². The number of nitrogens with zero attached hydrogens (tertiary/aromatic N) is 1. The lowest BCUT2D eigenvalue weighted by molar-refractivity contribution is -0.140. The van der Waals surface area contributed by atoms with Crippen molar-refractivity contribution in [3.05, 3.63) is 70.9 Å². The molecule has 1 unspecified atom stereocenters. The second kappa shape index (κ2) is 11.6. The van der Waals surface area contributed by atoms with Gasteiger partial charge in [-0.1, -0.05) is 50.6 Å². The summed E-state index contributed by atoms with van der Waals surface area (Å²) >= 11 is 0. The Morgan fingerprint density at radius 2 is 1.57 bits per heavy atom. The number of allylic oxidation sites excluding steroid dienone is 1. The highest BCUT2D eigenvalue weighted by molar-refractivity contribution is 6.00. The van der Waals surface area contributed by atoms with Gasteiger partial charge >= 0.3 is 18.0 Å². The molecule has 3 rings (SSSR count). The summed E-state index contributed by atoms with van der Waals surface area (Å²) in [6.07, 6.45) is 0.759. The molecule has 3 N–H and O–H groups in total. The van der Waals surface area contributed by atoms with E-state index in [1.54, 1.807) is 36.1 Å². The molecule has 0 saturated carbocycles. The average Bonchev–Trinajstić information content (AvgIpc) is 2.82. The van der Waals surface area contributed by atoms with Crippen molar-refractivity contribution < 1.29 is 19.1 Å². The minimum absolute atomic E-state index is 0.194. The molecule has 8 nitrogen and oxygen atoms in total. The van der Waals surface area contributed by atoms with E-state index in [2.05, 4.69) is 16.0 Å². The van der Waals surface area contributed by atoms with E-state index < -0.39 is 12.0 Å². The third-order valence-corrected chi connectivity index (χ3v) is 5.62. The van der Waals surface area contributed by atoms with Crippen LogP contribution in [0.15, 0.2) is 59.8 Å². The summed E-state index contributed by atoms with van der Waals surface area (Å²) in [5, 5.41) is 8.52. The molecular formula is C27H34N4O4. The number of anilines is 2. The summed E-state index contributed by atoms with van der Waals surface area (Å²) in [6.45, 7) is 10.5. The smallest absolute Gasteiger partial charge is 0.338 e. The first-order valence-electron chi connectivity index (χ1n) is 11.9. The molecule has 0 radical (unpaired) electrons. The normalized spacial score (nSPS) is 15.7. The van der Waals surface area contributed by atoms with Gasteiger partial charge in [0.15, 0.2) is 0 Å². The van der Waals surface area contributed by atoms with Gasteiger partial charge in [-0.05, 0) is 56.0 Å². The molecule has 2 aromatic rings. The van der Waals surface area contributed by atoms with Crippen molar-refractivity contribution in [2.45, 2.75) is 47.1 Å². The molecule has 0 aromatic heterocycles. The van der Waals surface area contributed by atoms with Crippen molar-refractivity contribution in [2.24, 2.45) is 5.92 Å². The molecule has 2 aromatic carbocycles. The van der Waals surface area contributed by atoms with Crippen LogP contribution in [0.4, 0.5) is 21.0 Å². The summed E-state index contributed by atoms with van der Waals surface area (Å²) in [4.78, 5) is 39.7. The lowest BCUT2D eigenvalue weighted by Gasteiger charge is -2.35. The van der Waals surface area contributed by atoms with Crippen LogP contribution < -0.4 is 16.0 Å². The van der Waals surface area contributed by atoms with E-state index in [1.807, 2.05) is 52.0 Å². The quantitative estimate of drug-likeness (QED) is 0.431. The number of amides is 4. The maximum Gasteiger partial charge on any atom is 0.338 e. The lowest BCUT2D eigenvalue weighted by Crippen LogP contribution is -2.48. The predicted octanol–water partition coefficient (Wildman–Crippen LogP) is 5.59. The molecule has 186 valence electrons. The second-order valence-electron chi connectivity index (χ2n) is 9.09. The summed E-state index contributed by atoms with van der Waals surface area (Å²) < 4.78 is 5.53. The highest BCUT2D eigenvalue weighted by Crippen LogP contribution is 2.32. The fourth-order valence-electron chi connectivity index (χ4n) is 3.80. The zero-order valence-corrected chi connectivity index (χ0v) is 21.0. The van der Waals surface area contributed by atoms with Crippen LogP contribution in [0.2, 0.25) is 0 Å². The summed E-state index contributed by atoms with van der Waals surface area (Å²) in [5.74, 6) is -0.248. The Morgan fingerprint density at radius 3 is 2.11 bits per heavy atom. The van der Waals surface area contributed by atoms with Gasteiger partial charge in [0, 0.05) is 23.6 Å². The van der Waals surface area contributed by atoms with Gasteiger partial charge in [-0.15, -0.1) is 0 Å². The van der Waals surface area contributed by atoms with Gasteiger partial charge in [-0.25, -0.2) is 14.4 Å². The third-order valence-electron chi connectivity index (χ3n) is 5.62. The molecule has 0 fully saturated rings. The minimum atomic E-state index is -0.647. The van der Waals surface area contributed by atoms with Crippen molar-refractivity contribution in [3.63, 3.8) is 0 Å². The Bertz CT molecular complexity index is 1090. The fourth-order valence-corrected chi connectivity index (χ4v) is 3.80. The van der Waals surface area contributed by atoms with Crippen LogP contribution in [0.25, 0.3) is 0 Å². The minimum Gasteiger partial charge on any atom is -0.462 e. The van der Waals surface area contributed by atoms with Crippen molar-refractivity contribution >= 4 is 29.4 Å². The Balaban J connectivity index is 1.79. The SMILES string of the molecule is CCCN1C(=O)NC(c2ccc(NC(=O)Nc3ccc(C)cc3)cc2)C(C(=O)OCC(C)C)=C1C. The molecule has 0 bridgehead atoms. The molecule has 0 spiro atoms. The predicted molar refractivity (Wildman–Crippen MR) is 137 cm³/mol. The van der Waals surface area contributed by atoms with Crippen molar-refractivity contribution in [1.82, 2.24) is 10.2 Å². The molecule has 1 aliphatic heterocycles. The highest BCUT2D eigenvalue weighted by atomic mass is 16.5. The molecule has 1 atom stereocenters. The van der Waals surface area contributed by atoms with Crippen LogP contribution in [0, 0.1) is 12.8 Å². The van der Waals surface area contributed by atoms with E-state index in [0.717, 1.165) is 17.5 Å². The molecule has 8 heteroatoms. The van der Waals surface area contributed by atoms with Gasteiger partial charge in [-0.3, -0.25) is 4.90 Å². The first-order chi connectivity index (χ1) is 16.7. The number of carbonyl (C=O) groups is 3. The van der Waals surface area contributed by atoms with Crippen molar-refractivity contribution in [3.8, 4) is 0 Å². The summed E-state index contributed by atoms with van der Waals surface area (Å²) in [6, 6.07) is 13.3. The van der Waals surface area contributed by atoms with Crippen molar-refractivity contribution in [1.29, 1.82) is 0 Å². The van der Waals surface area contributed by atoms with Crippen LogP contribution in [0.1, 0.15) is 51.3 Å². The van der Waals surface area contributed by atoms with E-state index in [1.165, 1.54) is 0 Å². The average molecular weight is 479 g/mol. The number of hydrogen-bond acceptors (Lipinski definition) is 4. The van der Waals surface area contributed by atoms with Gasteiger partial charge < -0.3 is 20.7 Å². The lowest BCUT2D eigenvalue weighted by atomic mass is 9.94. The number of ether oxygens (including phenoxy) is 1. The number of urea groups is 2. The number of rotatable bonds is 8. The highest BCUT2D eigenvalue weighted by Gasteiger charge is 2.36. The molecular weight excluding hydrogens is 444 g/mol. The zero-order valence-electron chi connectivity index (χ0n) is 21.0. The number of aryl methyl sites for hydroxylation is 1. The Labute approximate surface area is 206 Å². The van der Waals surface area contributed by atoms with Gasteiger partial charge in [0.25, 0.3) is 0 Å². The topological polar surface area (TPSA) is 99.8 Å². The van der Waals surface area contributed by atoms with Crippen LogP contribution >= 0.6 is 0 Å². The first kappa shape index (κ1) is 25.8. The monoisotopic (exact) mass is 478 g/mol. The maximum atomic E-state index is 13.0. The van der Waals surface area contributed by atoms with Crippen LogP contribution in [0.3, 0.4) is 0 Å². The van der Waals surface area contributed by atoms with Crippen LogP contribution in [-0.2, 0) is 9.53 Å². The standard InChI is InChI=1S/C27H34N4O4/c1-6-15-31-19(5)23(25(32)35-16-17(2)3)24(30-27(31)34)20-9-13-22(14-10-20)29-26(33)28-21-11-7-18(4)8-12-21/h7-14,17,24H,6,15-16H2,1-5H3,(H,30,34)(H2,28,29,33). The molecule has 1 heterocycles. The molecule has 0 saturated heterocycles. The molecule has 35 heavy (non-hydrogen) atoms.